The molecule has 0 bridgehead atoms. The van der Waals surface area contributed by atoms with Gasteiger partial charge in [-0.05, 0) is 108 Å². The van der Waals surface area contributed by atoms with Crippen LogP contribution in [-0.2, 0) is 0 Å². The summed E-state index contributed by atoms with van der Waals surface area (Å²) in [6, 6.07) is 72.1. The molecule has 13 aromatic rings. The van der Waals surface area contributed by atoms with Crippen molar-refractivity contribution in [1.82, 2.24) is 8.80 Å². The molecule has 0 fully saturated rings. The number of fused-ring (bicyclic) bond motifs is 14. The van der Waals surface area contributed by atoms with Crippen molar-refractivity contribution in [3.8, 4) is 0 Å². The van der Waals surface area contributed by atoms with Crippen LogP contribution in [0.25, 0.3) is 76.2 Å². The maximum atomic E-state index is 2.57. The van der Waals surface area contributed by atoms with Crippen LogP contribution in [0, 0.1) is 0 Å². The van der Waals surface area contributed by atoms with Crippen molar-refractivity contribution in [1.29, 1.82) is 0 Å². The second kappa shape index (κ2) is 13.8. The smallest absolute Gasteiger partial charge is 0.0634 e. The lowest BCUT2D eigenvalue weighted by molar-refractivity contribution is 0.866. The van der Waals surface area contributed by atoms with Crippen LogP contribution in [0.4, 0.5) is 34.1 Å². The average Bonchev–Trinajstić information content (AvgIpc) is 4.06. The highest BCUT2D eigenvalue weighted by Gasteiger charge is 2.29. The Kier molecular flexibility index (Phi) is 7.96. The fourth-order valence-corrected chi connectivity index (χ4v) is 10.9. The molecule has 0 unspecified atom stereocenters. The monoisotopic (exact) mass is 822 g/mol. The van der Waals surface area contributed by atoms with Crippen LogP contribution < -0.4 is 9.80 Å². The van der Waals surface area contributed by atoms with Crippen molar-refractivity contribution in [2.24, 2.45) is 0 Å². The van der Waals surface area contributed by atoms with Gasteiger partial charge in [-0.1, -0.05) is 137 Å². The molecule has 0 aliphatic carbocycles. The minimum Gasteiger partial charge on any atom is -0.310 e. The normalized spacial score (nSPS) is 12.3. The molecular formula is C60H46N4. The van der Waals surface area contributed by atoms with Gasteiger partial charge in [0.15, 0.2) is 0 Å². The van der Waals surface area contributed by atoms with E-state index in [0.29, 0.717) is 11.8 Å². The molecule has 0 spiro atoms. The second-order valence-electron chi connectivity index (χ2n) is 18.1. The molecule has 306 valence electrons. The van der Waals surface area contributed by atoms with Gasteiger partial charge in [0, 0.05) is 77.2 Å². The molecule has 0 aliphatic rings. The Morgan fingerprint density at radius 3 is 0.984 bits per heavy atom. The van der Waals surface area contributed by atoms with E-state index in [4.69, 9.17) is 0 Å². The van der Waals surface area contributed by atoms with E-state index in [-0.39, 0.29) is 0 Å². The third kappa shape index (κ3) is 5.17. The lowest BCUT2D eigenvalue weighted by Gasteiger charge is -2.26. The predicted molar refractivity (Wildman–Crippen MR) is 273 cm³/mol. The Labute approximate surface area is 372 Å². The fourth-order valence-electron chi connectivity index (χ4n) is 10.9. The first-order valence-electron chi connectivity index (χ1n) is 22.7. The van der Waals surface area contributed by atoms with Crippen LogP contribution in [0.15, 0.2) is 194 Å². The summed E-state index contributed by atoms with van der Waals surface area (Å²) in [5, 5.41) is 10.4. The Balaban J connectivity index is 1.12. The molecule has 0 saturated carbocycles. The van der Waals surface area contributed by atoms with Gasteiger partial charge in [-0.25, -0.2) is 0 Å². The summed E-state index contributed by atoms with van der Waals surface area (Å²) in [5.41, 5.74) is 17.0. The molecule has 4 heteroatoms. The molecule has 9 aromatic carbocycles. The highest BCUT2D eigenvalue weighted by molar-refractivity contribution is 6.45. The van der Waals surface area contributed by atoms with Gasteiger partial charge in [0.05, 0.1) is 33.1 Å². The molecule has 13 rings (SSSR count). The number of hydrogen-bond donors (Lipinski definition) is 0. The van der Waals surface area contributed by atoms with Gasteiger partial charge in [0.2, 0.25) is 0 Å². The number of anilines is 6. The lowest BCUT2D eigenvalue weighted by atomic mass is 9.97. The van der Waals surface area contributed by atoms with Crippen LogP contribution in [-0.4, -0.2) is 8.80 Å². The Bertz CT molecular complexity index is 3620. The van der Waals surface area contributed by atoms with Crippen LogP contribution >= 0.6 is 0 Å². The number of aromatic nitrogens is 2. The Hall–Kier alpha value is -7.82. The van der Waals surface area contributed by atoms with E-state index >= 15 is 0 Å². The molecule has 0 amide bonds. The zero-order valence-electron chi connectivity index (χ0n) is 36.4. The van der Waals surface area contributed by atoms with Gasteiger partial charge in [-0.3, -0.25) is 0 Å². The van der Waals surface area contributed by atoms with Crippen LogP contribution in [0.3, 0.4) is 0 Å². The van der Waals surface area contributed by atoms with E-state index in [9.17, 15) is 0 Å². The minimum atomic E-state index is 0.465. The first-order chi connectivity index (χ1) is 31.4. The quantitative estimate of drug-likeness (QED) is 0.152. The van der Waals surface area contributed by atoms with Gasteiger partial charge in [-0.2, -0.15) is 0 Å². The Morgan fingerprint density at radius 1 is 0.297 bits per heavy atom. The van der Waals surface area contributed by atoms with Crippen LogP contribution in [0.2, 0.25) is 0 Å². The summed E-state index contributed by atoms with van der Waals surface area (Å²) in [7, 11) is 0. The van der Waals surface area contributed by atoms with Crippen molar-refractivity contribution in [2.75, 3.05) is 9.80 Å². The molecule has 0 atom stereocenters. The number of rotatable bonds is 8. The second-order valence-corrected chi connectivity index (χ2v) is 18.1. The SMILES string of the molecule is CC(C)c1ccc(N(c2ccccc2)c2ccc3c4c5c6ccccc6n6c7cc(N(c8ccccc8)c8ccc(C(C)C)cc8)ccc7c(c7c8ccccc8n(c3c2)c74)c56)cc1. The first-order valence-corrected chi connectivity index (χ1v) is 22.7. The average molecular weight is 823 g/mol. The predicted octanol–water partition coefficient (Wildman–Crippen LogP) is 17.2. The summed E-state index contributed by atoms with van der Waals surface area (Å²) in [4.78, 5) is 4.80. The van der Waals surface area contributed by atoms with Gasteiger partial charge in [-0.15, -0.1) is 0 Å². The Morgan fingerprint density at radius 2 is 0.609 bits per heavy atom. The summed E-state index contributed by atoms with van der Waals surface area (Å²) in [6.45, 7) is 9.02. The molecular weight excluding hydrogens is 777 g/mol. The molecule has 0 N–H and O–H groups in total. The highest BCUT2D eigenvalue weighted by atomic mass is 15.1. The third-order valence-corrected chi connectivity index (χ3v) is 13.9. The molecule has 64 heavy (non-hydrogen) atoms. The number of benzene rings is 9. The van der Waals surface area contributed by atoms with E-state index in [1.54, 1.807) is 0 Å². The fraction of sp³-hybridized carbons (Fsp3) is 0.100. The molecule has 0 radical (unpaired) electrons. The largest absolute Gasteiger partial charge is 0.310 e. The van der Waals surface area contributed by atoms with Crippen LogP contribution in [0.5, 0.6) is 0 Å². The summed E-state index contributed by atoms with van der Waals surface area (Å²) >= 11 is 0. The van der Waals surface area contributed by atoms with Gasteiger partial charge in [0.25, 0.3) is 0 Å². The maximum absolute atomic E-state index is 2.57. The van der Waals surface area contributed by atoms with Crippen molar-refractivity contribution in [3.05, 3.63) is 205 Å². The first kappa shape index (κ1) is 36.8. The number of hydrogen-bond acceptors (Lipinski definition) is 2. The van der Waals surface area contributed by atoms with Crippen molar-refractivity contribution in [2.45, 2.75) is 39.5 Å². The zero-order chi connectivity index (χ0) is 42.8. The summed E-state index contributed by atoms with van der Waals surface area (Å²) in [6.07, 6.45) is 0. The number of nitrogens with zero attached hydrogens (tertiary/aromatic N) is 4. The molecule has 0 saturated heterocycles. The van der Waals surface area contributed by atoms with Crippen molar-refractivity contribution in [3.63, 3.8) is 0 Å². The van der Waals surface area contributed by atoms with Crippen LogP contribution in [0.1, 0.15) is 50.7 Å². The summed E-state index contributed by atoms with van der Waals surface area (Å²) in [5.74, 6) is 0.930. The standard InChI is InChI=1S/C60H46N4/c1-37(2)39-23-27-43(28-24-39)61(41-15-7-5-8-16-41)45-31-33-49-53(35-45)63-51-21-13-11-19-47(51)56-58-50-34-32-46(62(42-17-9-6-10-18-42)44-29-25-40(26-30-44)38(3)4)36-54(50)64-52-22-14-12-20-48(52)55(60(58)64)57(49)59(56)63/h5-38H,1-4H3. The molecule has 0 aliphatic heterocycles. The minimum absolute atomic E-state index is 0.465. The van der Waals surface area contributed by atoms with Crippen molar-refractivity contribution >= 4 is 110 Å². The van der Waals surface area contributed by atoms with Gasteiger partial charge in [0.1, 0.15) is 0 Å². The van der Waals surface area contributed by atoms with E-state index < -0.39 is 0 Å². The maximum Gasteiger partial charge on any atom is 0.0634 e. The molecule has 4 nitrogen and oxygen atoms in total. The van der Waals surface area contributed by atoms with Crippen molar-refractivity contribution < 1.29 is 0 Å². The zero-order valence-corrected chi connectivity index (χ0v) is 36.4. The van der Waals surface area contributed by atoms with Gasteiger partial charge >= 0.3 is 0 Å². The van der Waals surface area contributed by atoms with E-state index in [0.717, 1.165) is 34.1 Å². The topological polar surface area (TPSA) is 15.3 Å². The lowest BCUT2D eigenvalue weighted by Crippen LogP contribution is -2.10. The summed E-state index contributed by atoms with van der Waals surface area (Å²) < 4.78 is 5.13. The third-order valence-electron chi connectivity index (χ3n) is 13.9. The van der Waals surface area contributed by atoms with E-state index in [1.165, 1.54) is 87.3 Å². The molecule has 4 aromatic heterocycles. The van der Waals surface area contributed by atoms with E-state index in [2.05, 4.69) is 240 Å². The molecule has 4 heterocycles. The number of para-hydroxylation sites is 4. The van der Waals surface area contributed by atoms with E-state index in [1.807, 2.05) is 0 Å². The van der Waals surface area contributed by atoms with Gasteiger partial charge < -0.3 is 18.6 Å². The highest BCUT2D eigenvalue weighted by Crippen LogP contribution is 2.53.